The lowest BCUT2D eigenvalue weighted by atomic mass is 10.0. The van der Waals surface area contributed by atoms with Gasteiger partial charge in [-0.15, -0.1) is 10.2 Å². The van der Waals surface area contributed by atoms with E-state index in [2.05, 4.69) is 47.9 Å². The molecular weight excluding hydrogens is 284 g/mol. The van der Waals surface area contributed by atoms with Crippen LogP contribution in [0.4, 0.5) is 5.82 Å². The summed E-state index contributed by atoms with van der Waals surface area (Å²) in [5.41, 5.74) is 0.360. The fraction of sp³-hybridized carbons (Fsp3) is 0.667. The van der Waals surface area contributed by atoms with Crippen LogP contribution < -0.4 is 10.6 Å². The highest BCUT2D eigenvalue weighted by Gasteiger charge is 2.25. The largest absolute Gasteiger partial charge is 0.369 e. The van der Waals surface area contributed by atoms with Crippen LogP contribution in [0.15, 0.2) is 12.1 Å². The lowest BCUT2D eigenvalue weighted by Crippen LogP contribution is -2.39. The third kappa shape index (κ3) is 5.19. The summed E-state index contributed by atoms with van der Waals surface area (Å²) in [6, 6.07) is 3.50. The minimum atomic E-state index is -0.162. The molecule has 1 amide bonds. The maximum atomic E-state index is 12.1. The van der Waals surface area contributed by atoms with Crippen LogP contribution in [0.1, 0.15) is 50.5 Å². The number of nitrogens with one attached hydrogen (secondary N) is 2. The van der Waals surface area contributed by atoms with Crippen LogP contribution in [0, 0.1) is 0 Å². The lowest BCUT2D eigenvalue weighted by Gasteiger charge is -2.29. The zero-order chi connectivity index (χ0) is 15.7. The number of carbonyl (C=O) groups is 1. The van der Waals surface area contributed by atoms with Crippen molar-refractivity contribution < 1.29 is 4.79 Å². The second-order valence-corrected chi connectivity index (χ2v) is 6.28. The summed E-state index contributed by atoms with van der Waals surface area (Å²) >= 11 is 1.81. The van der Waals surface area contributed by atoms with Crippen molar-refractivity contribution in [3.05, 3.63) is 17.8 Å². The molecular formula is C15H26N4OS. The molecule has 2 N–H and O–H groups in total. The Balaban J connectivity index is 2.59. The van der Waals surface area contributed by atoms with Crippen molar-refractivity contribution in [1.29, 1.82) is 0 Å². The number of aromatic nitrogens is 2. The molecule has 0 unspecified atom stereocenters. The van der Waals surface area contributed by atoms with Gasteiger partial charge in [-0.05, 0) is 37.7 Å². The summed E-state index contributed by atoms with van der Waals surface area (Å²) in [7, 11) is 0. The molecule has 0 saturated carbocycles. The molecule has 0 aliphatic carbocycles. The first-order valence-corrected chi connectivity index (χ1v) is 8.74. The van der Waals surface area contributed by atoms with Crippen molar-refractivity contribution in [1.82, 2.24) is 15.5 Å². The van der Waals surface area contributed by atoms with Gasteiger partial charge in [0.05, 0.1) is 0 Å². The van der Waals surface area contributed by atoms with Crippen molar-refractivity contribution in [2.24, 2.45) is 0 Å². The molecule has 5 nitrogen and oxygen atoms in total. The number of anilines is 1. The lowest BCUT2D eigenvalue weighted by molar-refractivity contribution is 0.0943. The van der Waals surface area contributed by atoms with E-state index in [1.807, 2.05) is 0 Å². The highest BCUT2D eigenvalue weighted by molar-refractivity contribution is 8.00. The Morgan fingerprint density at radius 2 is 1.95 bits per heavy atom. The Kier molecular flexibility index (Phi) is 7.50. The monoisotopic (exact) mass is 310 g/mol. The molecule has 118 valence electrons. The molecule has 0 aliphatic rings. The molecule has 0 bridgehead atoms. The fourth-order valence-electron chi connectivity index (χ4n) is 1.99. The minimum absolute atomic E-state index is 0.103. The molecule has 0 aromatic carbocycles. The number of hydrogen-bond acceptors (Lipinski definition) is 5. The first kappa shape index (κ1) is 17.8. The number of thioether (sulfide) groups is 1. The van der Waals surface area contributed by atoms with Gasteiger partial charge in [-0.1, -0.05) is 20.8 Å². The van der Waals surface area contributed by atoms with Crippen molar-refractivity contribution in [3.63, 3.8) is 0 Å². The molecule has 0 spiro atoms. The Labute approximate surface area is 131 Å². The van der Waals surface area contributed by atoms with E-state index < -0.39 is 0 Å². The first-order chi connectivity index (χ1) is 10.1. The third-order valence-corrected chi connectivity index (χ3v) is 5.33. The molecule has 0 atom stereocenters. The van der Waals surface area contributed by atoms with Gasteiger partial charge in [0.25, 0.3) is 5.91 Å². The highest BCUT2D eigenvalue weighted by Crippen LogP contribution is 2.29. The van der Waals surface area contributed by atoms with Crippen LogP contribution >= 0.6 is 11.8 Å². The number of carbonyl (C=O) groups excluding carboxylic acids is 1. The van der Waals surface area contributed by atoms with Crippen LogP contribution in [-0.2, 0) is 0 Å². The topological polar surface area (TPSA) is 66.9 Å². The van der Waals surface area contributed by atoms with Crippen LogP contribution in [0.3, 0.4) is 0 Å². The van der Waals surface area contributed by atoms with Crippen molar-refractivity contribution in [2.45, 2.75) is 44.8 Å². The summed E-state index contributed by atoms with van der Waals surface area (Å²) in [6.45, 7) is 7.89. The molecule has 0 saturated heterocycles. The molecule has 6 heteroatoms. The predicted octanol–water partition coefficient (Wildman–Crippen LogP) is 2.95. The van der Waals surface area contributed by atoms with Gasteiger partial charge < -0.3 is 10.6 Å². The molecule has 21 heavy (non-hydrogen) atoms. The highest BCUT2D eigenvalue weighted by atomic mass is 32.2. The van der Waals surface area contributed by atoms with E-state index in [1.54, 1.807) is 23.9 Å². The maximum absolute atomic E-state index is 12.1. The van der Waals surface area contributed by atoms with Crippen molar-refractivity contribution in [2.75, 3.05) is 24.7 Å². The van der Waals surface area contributed by atoms with Gasteiger partial charge >= 0.3 is 0 Å². The van der Waals surface area contributed by atoms with E-state index in [0.29, 0.717) is 18.1 Å². The molecule has 1 aromatic rings. The second kappa shape index (κ2) is 8.87. The molecule has 1 heterocycles. The first-order valence-electron chi connectivity index (χ1n) is 7.51. The predicted molar refractivity (Wildman–Crippen MR) is 90.0 cm³/mol. The van der Waals surface area contributed by atoms with E-state index in [4.69, 9.17) is 0 Å². The Hall–Kier alpha value is -1.30. The van der Waals surface area contributed by atoms with Gasteiger partial charge in [-0.2, -0.15) is 11.8 Å². The summed E-state index contributed by atoms with van der Waals surface area (Å²) in [5, 5.41) is 14.1. The average Bonchev–Trinajstić information content (AvgIpc) is 2.55. The van der Waals surface area contributed by atoms with E-state index in [9.17, 15) is 4.79 Å². The quantitative estimate of drug-likeness (QED) is 0.734. The number of hydrogen-bond donors (Lipinski definition) is 2. The zero-order valence-electron chi connectivity index (χ0n) is 13.4. The Morgan fingerprint density at radius 3 is 2.43 bits per heavy atom. The van der Waals surface area contributed by atoms with E-state index in [0.717, 1.165) is 25.8 Å². The Bertz CT molecular complexity index is 424. The molecule has 0 aliphatic heterocycles. The van der Waals surface area contributed by atoms with Crippen LogP contribution in [0.5, 0.6) is 0 Å². The van der Waals surface area contributed by atoms with Gasteiger partial charge in [-0.3, -0.25) is 4.79 Å². The SMILES string of the molecule is CCCNc1ccc(C(=O)NCC(CC)(CC)SC)nn1. The summed E-state index contributed by atoms with van der Waals surface area (Å²) in [4.78, 5) is 12.1. The van der Waals surface area contributed by atoms with Gasteiger partial charge in [0, 0.05) is 17.8 Å². The van der Waals surface area contributed by atoms with Gasteiger partial charge in [0.15, 0.2) is 5.69 Å². The molecule has 0 fully saturated rings. The molecule has 1 rings (SSSR count). The number of nitrogens with zero attached hydrogens (tertiary/aromatic N) is 2. The summed E-state index contributed by atoms with van der Waals surface area (Å²) in [5.74, 6) is 0.541. The van der Waals surface area contributed by atoms with E-state index in [-0.39, 0.29) is 10.7 Å². The standard InChI is InChI=1S/C15H26N4OS/c1-5-10-16-13-9-8-12(18-19-13)14(20)17-11-15(6-2,7-3)21-4/h8-9H,5-7,10-11H2,1-4H3,(H,16,19)(H,17,20). The molecule has 0 radical (unpaired) electrons. The van der Waals surface area contributed by atoms with Crippen LogP contribution in [0.25, 0.3) is 0 Å². The van der Waals surface area contributed by atoms with Crippen LogP contribution in [-0.4, -0.2) is 40.2 Å². The third-order valence-electron chi connectivity index (χ3n) is 3.75. The Morgan fingerprint density at radius 1 is 1.24 bits per heavy atom. The van der Waals surface area contributed by atoms with Gasteiger partial charge in [-0.25, -0.2) is 0 Å². The van der Waals surface area contributed by atoms with Gasteiger partial charge in [0.2, 0.25) is 0 Å². The van der Waals surface area contributed by atoms with Crippen molar-refractivity contribution in [3.8, 4) is 0 Å². The summed E-state index contributed by atoms with van der Waals surface area (Å²) < 4.78 is 0.103. The molecule has 1 aromatic heterocycles. The number of rotatable bonds is 9. The van der Waals surface area contributed by atoms with E-state index in [1.165, 1.54) is 0 Å². The number of amides is 1. The zero-order valence-corrected chi connectivity index (χ0v) is 14.2. The van der Waals surface area contributed by atoms with Crippen molar-refractivity contribution >= 4 is 23.5 Å². The second-order valence-electron chi connectivity index (χ2n) is 5.01. The fourth-order valence-corrected chi connectivity index (χ4v) is 2.79. The summed E-state index contributed by atoms with van der Waals surface area (Å²) in [6.07, 6.45) is 5.16. The minimum Gasteiger partial charge on any atom is -0.369 e. The van der Waals surface area contributed by atoms with E-state index >= 15 is 0 Å². The smallest absolute Gasteiger partial charge is 0.271 e. The van der Waals surface area contributed by atoms with Gasteiger partial charge in [0.1, 0.15) is 5.82 Å². The van der Waals surface area contributed by atoms with Crippen LogP contribution in [0.2, 0.25) is 0 Å². The normalized spacial score (nSPS) is 11.2. The average molecular weight is 310 g/mol. The maximum Gasteiger partial charge on any atom is 0.271 e.